The number of hydrogen-bond acceptors (Lipinski definition) is 1. The summed E-state index contributed by atoms with van der Waals surface area (Å²) >= 11 is 3.50. The van der Waals surface area contributed by atoms with Crippen molar-refractivity contribution in [1.82, 2.24) is 0 Å². The molecule has 0 bridgehead atoms. The number of anilines is 1. The first-order valence-electron chi connectivity index (χ1n) is 6.54. The zero-order valence-electron chi connectivity index (χ0n) is 12.0. The number of hydrogen-bond donors (Lipinski definition) is 1. The molecular formula is C17H20BrN. The molecule has 0 heterocycles. The molecular weight excluding hydrogens is 298 g/mol. The Hall–Kier alpha value is -1.28. The van der Waals surface area contributed by atoms with Gasteiger partial charge in [0.25, 0.3) is 0 Å². The maximum atomic E-state index is 3.54. The van der Waals surface area contributed by atoms with E-state index in [0.29, 0.717) is 0 Å². The van der Waals surface area contributed by atoms with Crippen molar-refractivity contribution in [2.75, 3.05) is 5.32 Å². The van der Waals surface area contributed by atoms with Gasteiger partial charge in [-0.05, 0) is 68.1 Å². The fraction of sp³-hybridized carbons (Fsp3) is 0.294. The van der Waals surface area contributed by atoms with Crippen LogP contribution in [0.15, 0.2) is 34.8 Å². The molecule has 100 valence electrons. The molecule has 0 aliphatic carbocycles. The van der Waals surface area contributed by atoms with Crippen LogP contribution in [0.25, 0.3) is 0 Å². The second-order valence-corrected chi connectivity index (χ2v) is 6.11. The summed E-state index contributed by atoms with van der Waals surface area (Å²) in [5, 5.41) is 3.54. The van der Waals surface area contributed by atoms with Gasteiger partial charge in [0.05, 0.1) is 0 Å². The fourth-order valence-electron chi connectivity index (χ4n) is 2.50. The average Bonchev–Trinajstić information content (AvgIpc) is 2.30. The normalized spacial score (nSPS) is 10.6. The van der Waals surface area contributed by atoms with Gasteiger partial charge in [-0.25, -0.2) is 0 Å². The molecule has 0 amide bonds. The lowest BCUT2D eigenvalue weighted by atomic mass is 9.99. The number of halogens is 1. The van der Waals surface area contributed by atoms with Crippen LogP contribution in [0.5, 0.6) is 0 Å². The lowest BCUT2D eigenvalue weighted by Gasteiger charge is -2.14. The van der Waals surface area contributed by atoms with E-state index in [9.17, 15) is 0 Å². The minimum absolute atomic E-state index is 0.875. The van der Waals surface area contributed by atoms with E-state index in [1.54, 1.807) is 0 Å². The zero-order chi connectivity index (χ0) is 14.0. The lowest BCUT2D eigenvalue weighted by Crippen LogP contribution is -2.05. The molecule has 0 aromatic heterocycles. The Balaban J connectivity index is 2.19. The molecule has 0 aliphatic rings. The molecule has 2 rings (SSSR count). The first kappa shape index (κ1) is 14.1. The Morgan fingerprint density at radius 1 is 0.895 bits per heavy atom. The third kappa shape index (κ3) is 3.38. The topological polar surface area (TPSA) is 12.0 Å². The molecule has 2 aromatic rings. The predicted molar refractivity (Wildman–Crippen MR) is 86.9 cm³/mol. The van der Waals surface area contributed by atoms with Crippen molar-refractivity contribution in [2.24, 2.45) is 0 Å². The van der Waals surface area contributed by atoms with Crippen molar-refractivity contribution >= 4 is 21.6 Å². The van der Waals surface area contributed by atoms with Crippen LogP contribution < -0.4 is 5.32 Å². The molecule has 1 N–H and O–H groups in total. The third-order valence-corrected chi connectivity index (χ3v) is 3.98. The van der Waals surface area contributed by atoms with E-state index in [2.05, 4.69) is 79.3 Å². The van der Waals surface area contributed by atoms with Gasteiger partial charge in [-0.1, -0.05) is 33.6 Å². The smallest absolute Gasteiger partial charge is 0.0406 e. The molecule has 0 radical (unpaired) electrons. The Labute approximate surface area is 124 Å². The summed E-state index contributed by atoms with van der Waals surface area (Å²) in [5.41, 5.74) is 7.91. The second kappa shape index (κ2) is 5.79. The van der Waals surface area contributed by atoms with E-state index in [4.69, 9.17) is 0 Å². The maximum Gasteiger partial charge on any atom is 0.0406 e. The minimum atomic E-state index is 0.875. The van der Waals surface area contributed by atoms with E-state index in [1.165, 1.54) is 33.5 Å². The molecule has 2 heteroatoms. The molecule has 1 nitrogen and oxygen atoms in total. The highest BCUT2D eigenvalue weighted by Crippen LogP contribution is 2.22. The highest BCUT2D eigenvalue weighted by Gasteiger charge is 2.05. The summed E-state index contributed by atoms with van der Waals surface area (Å²) in [4.78, 5) is 0. The van der Waals surface area contributed by atoms with Gasteiger partial charge in [0.1, 0.15) is 0 Å². The minimum Gasteiger partial charge on any atom is -0.381 e. The van der Waals surface area contributed by atoms with E-state index in [-0.39, 0.29) is 0 Å². The molecule has 2 aromatic carbocycles. The van der Waals surface area contributed by atoms with Crippen LogP contribution in [0, 0.1) is 27.7 Å². The summed E-state index contributed by atoms with van der Waals surface area (Å²) in [6.07, 6.45) is 0. The van der Waals surface area contributed by atoms with Gasteiger partial charge in [-0.3, -0.25) is 0 Å². The van der Waals surface area contributed by atoms with E-state index in [1.807, 2.05) is 0 Å². The standard InChI is InChI=1S/C17H20BrN/c1-11-7-12(2)16(13(3)8-11)10-19-17-6-5-15(18)9-14(17)4/h5-9,19H,10H2,1-4H3. The zero-order valence-corrected chi connectivity index (χ0v) is 13.6. The Morgan fingerprint density at radius 2 is 1.53 bits per heavy atom. The molecule has 0 atom stereocenters. The molecule has 0 fully saturated rings. The van der Waals surface area contributed by atoms with Crippen LogP contribution in [0.4, 0.5) is 5.69 Å². The van der Waals surface area contributed by atoms with Gasteiger partial charge in [-0.2, -0.15) is 0 Å². The number of nitrogens with one attached hydrogen (secondary N) is 1. The Bertz CT molecular complexity index is 579. The van der Waals surface area contributed by atoms with Gasteiger partial charge in [-0.15, -0.1) is 0 Å². The molecule has 0 saturated heterocycles. The second-order valence-electron chi connectivity index (χ2n) is 5.19. The van der Waals surface area contributed by atoms with Crippen LogP contribution in [0.2, 0.25) is 0 Å². The number of benzene rings is 2. The highest BCUT2D eigenvalue weighted by atomic mass is 79.9. The number of rotatable bonds is 3. The van der Waals surface area contributed by atoms with Crippen LogP contribution in [0.1, 0.15) is 27.8 Å². The summed E-state index contributed by atoms with van der Waals surface area (Å²) in [5.74, 6) is 0. The average molecular weight is 318 g/mol. The van der Waals surface area contributed by atoms with Crippen molar-refractivity contribution < 1.29 is 0 Å². The summed E-state index contributed by atoms with van der Waals surface area (Å²) in [6.45, 7) is 9.52. The van der Waals surface area contributed by atoms with Gasteiger partial charge in [0.15, 0.2) is 0 Å². The van der Waals surface area contributed by atoms with Crippen molar-refractivity contribution in [2.45, 2.75) is 34.2 Å². The van der Waals surface area contributed by atoms with Crippen LogP contribution in [0.3, 0.4) is 0 Å². The third-order valence-electron chi connectivity index (χ3n) is 3.48. The van der Waals surface area contributed by atoms with Gasteiger partial charge in [0.2, 0.25) is 0 Å². The summed E-state index contributed by atoms with van der Waals surface area (Å²) in [7, 11) is 0. The monoisotopic (exact) mass is 317 g/mol. The molecule has 19 heavy (non-hydrogen) atoms. The molecule has 0 unspecified atom stereocenters. The van der Waals surface area contributed by atoms with Gasteiger partial charge >= 0.3 is 0 Å². The van der Waals surface area contributed by atoms with E-state index in [0.717, 1.165) is 11.0 Å². The van der Waals surface area contributed by atoms with Crippen molar-refractivity contribution in [1.29, 1.82) is 0 Å². The largest absolute Gasteiger partial charge is 0.381 e. The Kier molecular flexibility index (Phi) is 4.31. The highest BCUT2D eigenvalue weighted by molar-refractivity contribution is 9.10. The molecule has 0 aliphatic heterocycles. The van der Waals surface area contributed by atoms with Crippen molar-refractivity contribution in [3.05, 3.63) is 62.6 Å². The first-order valence-corrected chi connectivity index (χ1v) is 7.33. The van der Waals surface area contributed by atoms with Gasteiger partial charge in [0, 0.05) is 16.7 Å². The predicted octanol–water partition coefficient (Wildman–Crippen LogP) is 5.29. The summed E-state index contributed by atoms with van der Waals surface area (Å²) in [6, 6.07) is 10.8. The van der Waals surface area contributed by atoms with Crippen LogP contribution in [-0.4, -0.2) is 0 Å². The van der Waals surface area contributed by atoms with Crippen molar-refractivity contribution in [3.63, 3.8) is 0 Å². The van der Waals surface area contributed by atoms with Gasteiger partial charge < -0.3 is 5.32 Å². The summed E-state index contributed by atoms with van der Waals surface area (Å²) < 4.78 is 1.12. The molecule has 0 saturated carbocycles. The van der Waals surface area contributed by atoms with Crippen LogP contribution in [-0.2, 0) is 6.54 Å². The van der Waals surface area contributed by atoms with E-state index < -0.39 is 0 Å². The fourth-order valence-corrected chi connectivity index (χ4v) is 2.97. The lowest BCUT2D eigenvalue weighted by molar-refractivity contribution is 1.08. The van der Waals surface area contributed by atoms with Crippen molar-refractivity contribution in [3.8, 4) is 0 Å². The quantitative estimate of drug-likeness (QED) is 0.810. The van der Waals surface area contributed by atoms with Crippen LogP contribution >= 0.6 is 15.9 Å². The number of aryl methyl sites for hydroxylation is 4. The Morgan fingerprint density at radius 3 is 2.11 bits per heavy atom. The first-order chi connectivity index (χ1) is 8.97. The SMILES string of the molecule is Cc1cc(C)c(CNc2ccc(Br)cc2C)c(C)c1. The van der Waals surface area contributed by atoms with E-state index >= 15 is 0 Å². The maximum absolute atomic E-state index is 3.54. The molecule has 0 spiro atoms.